The third-order valence-corrected chi connectivity index (χ3v) is 5.34. The molecule has 0 unspecified atom stereocenters. The lowest BCUT2D eigenvalue weighted by molar-refractivity contribution is 0.0737. The van der Waals surface area contributed by atoms with Crippen LogP contribution in [-0.4, -0.2) is 61.0 Å². The standard InChI is InChI=1S/C23H26N4O3/c1-17-15-21(27(24-17)18-7-6-8-19(16-18)29-2)23(28)26-13-11-25(12-14-26)20-9-4-5-10-22(20)30-3/h4-10,15-16H,11-14H2,1-3H3. The van der Waals surface area contributed by atoms with Crippen molar-refractivity contribution < 1.29 is 14.3 Å². The Balaban J connectivity index is 1.52. The summed E-state index contributed by atoms with van der Waals surface area (Å²) in [7, 11) is 3.31. The number of nitrogens with zero attached hydrogens (tertiary/aromatic N) is 4. The maximum atomic E-state index is 13.3. The number of rotatable bonds is 5. The van der Waals surface area contributed by atoms with Crippen molar-refractivity contribution in [2.75, 3.05) is 45.3 Å². The first-order valence-corrected chi connectivity index (χ1v) is 9.99. The van der Waals surface area contributed by atoms with Crippen LogP contribution in [0.1, 0.15) is 16.2 Å². The highest BCUT2D eigenvalue weighted by molar-refractivity contribution is 5.93. The largest absolute Gasteiger partial charge is 0.497 e. The number of ether oxygens (including phenoxy) is 2. The van der Waals surface area contributed by atoms with Crippen LogP contribution in [0.2, 0.25) is 0 Å². The summed E-state index contributed by atoms with van der Waals surface area (Å²) in [4.78, 5) is 17.5. The Hall–Kier alpha value is -3.48. The Bertz CT molecular complexity index is 1040. The number of carbonyl (C=O) groups is 1. The van der Waals surface area contributed by atoms with E-state index in [-0.39, 0.29) is 5.91 Å². The first kappa shape index (κ1) is 19.8. The highest BCUT2D eigenvalue weighted by Crippen LogP contribution is 2.28. The normalized spacial score (nSPS) is 14.0. The van der Waals surface area contributed by atoms with Gasteiger partial charge in [-0.1, -0.05) is 18.2 Å². The molecule has 3 aromatic rings. The molecule has 1 fully saturated rings. The maximum Gasteiger partial charge on any atom is 0.272 e. The van der Waals surface area contributed by atoms with Crippen LogP contribution in [-0.2, 0) is 0 Å². The summed E-state index contributed by atoms with van der Waals surface area (Å²) in [5, 5.41) is 4.54. The summed E-state index contributed by atoms with van der Waals surface area (Å²) >= 11 is 0. The van der Waals surface area contributed by atoms with Gasteiger partial charge in [0.15, 0.2) is 0 Å². The van der Waals surface area contributed by atoms with Crippen LogP contribution < -0.4 is 14.4 Å². The lowest BCUT2D eigenvalue weighted by atomic mass is 10.2. The first-order chi connectivity index (χ1) is 14.6. The lowest BCUT2D eigenvalue weighted by Crippen LogP contribution is -2.49. The molecule has 2 aromatic carbocycles. The van der Waals surface area contributed by atoms with Gasteiger partial charge in [0.05, 0.1) is 31.3 Å². The predicted octanol–water partition coefficient (Wildman–Crippen LogP) is 3.16. The highest BCUT2D eigenvalue weighted by atomic mass is 16.5. The van der Waals surface area contributed by atoms with Gasteiger partial charge in [0.2, 0.25) is 0 Å². The molecule has 30 heavy (non-hydrogen) atoms. The van der Waals surface area contributed by atoms with E-state index in [0.29, 0.717) is 18.8 Å². The Labute approximate surface area is 176 Å². The molecule has 1 aliphatic rings. The van der Waals surface area contributed by atoms with Crippen LogP contribution in [0.4, 0.5) is 5.69 Å². The van der Waals surface area contributed by atoms with Crippen molar-refractivity contribution in [1.82, 2.24) is 14.7 Å². The summed E-state index contributed by atoms with van der Waals surface area (Å²) in [6.07, 6.45) is 0. The van der Waals surface area contributed by atoms with Gasteiger partial charge in [-0.3, -0.25) is 4.79 Å². The molecule has 7 nitrogen and oxygen atoms in total. The zero-order chi connectivity index (χ0) is 21.1. The first-order valence-electron chi connectivity index (χ1n) is 9.99. The number of benzene rings is 2. The third-order valence-electron chi connectivity index (χ3n) is 5.34. The van der Waals surface area contributed by atoms with Crippen LogP contribution in [0, 0.1) is 6.92 Å². The molecule has 1 saturated heterocycles. The average molecular weight is 406 g/mol. The monoisotopic (exact) mass is 406 g/mol. The molecule has 1 aliphatic heterocycles. The zero-order valence-electron chi connectivity index (χ0n) is 17.5. The predicted molar refractivity (Wildman–Crippen MR) is 116 cm³/mol. The van der Waals surface area contributed by atoms with E-state index in [4.69, 9.17) is 9.47 Å². The minimum atomic E-state index is -0.0157. The van der Waals surface area contributed by atoms with E-state index in [1.165, 1.54) is 0 Å². The van der Waals surface area contributed by atoms with Crippen molar-refractivity contribution in [2.45, 2.75) is 6.92 Å². The van der Waals surface area contributed by atoms with Crippen LogP contribution in [0.3, 0.4) is 0 Å². The number of amides is 1. The van der Waals surface area contributed by atoms with Crippen molar-refractivity contribution in [1.29, 1.82) is 0 Å². The summed E-state index contributed by atoms with van der Waals surface area (Å²) in [6.45, 7) is 4.67. The number of anilines is 1. The second-order valence-electron chi connectivity index (χ2n) is 7.24. The molecule has 2 heterocycles. The molecule has 0 saturated carbocycles. The fourth-order valence-electron chi connectivity index (χ4n) is 3.79. The minimum absolute atomic E-state index is 0.0157. The molecular weight excluding hydrogens is 380 g/mol. The van der Waals surface area contributed by atoms with Gasteiger partial charge in [0.25, 0.3) is 5.91 Å². The Morgan fingerprint density at radius 2 is 1.70 bits per heavy atom. The van der Waals surface area contributed by atoms with E-state index in [1.54, 1.807) is 18.9 Å². The number of hydrogen-bond acceptors (Lipinski definition) is 5. The smallest absolute Gasteiger partial charge is 0.272 e. The molecule has 0 spiro atoms. The van der Waals surface area contributed by atoms with Crippen molar-refractivity contribution >= 4 is 11.6 Å². The van der Waals surface area contributed by atoms with Crippen LogP contribution in [0.5, 0.6) is 11.5 Å². The minimum Gasteiger partial charge on any atom is -0.497 e. The number of aryl methyl sites for hydroxylation is 1. The number of para-hydroxylation sites is 2. The Morgan fingerprint density at radius 1 is 0.933 bits per heavy atom. The fourth-order valence-corrected chi connectivity index (χ4v) is 3.79. The fraction of sp³-hybridized carbons (Fsp3) is 0.304. The van der Waals surface area contributed by atoms with Crippen molar-refractivity contribution in [3.63, 3.8) is 0 Å². The molecule has 7 heteroatoms. The topological polar surface area (TPSA) is 59.8 Å². The summed E-state index contributed by atoms with van der Waals surface area (Å²) < 4.78 is 12.5. The van der Waals surface area contributed by atoms with Gasteiger partial charge < -0.3 is 19.3 Å². The molecule has 0 atom stereocenters. The molecule has 1 aromatic heterocycles. The summed E-state index contributed by atoms with van der Waals surface area (Å²) in [5.41, 5.74) is 3.23. The molecule has 0 bridgehead atoms. The molecule has 1 amide bonds. The van der Waals surface area contributed by atoms with E-state index in [0.717, 1.165) is 41.7 Å². The highest BCUT2D eigenvalue weighted by Gasteiger charge is 2.26. The van der Waals surface area contributed by atoms with Gasteiger partial charge in [0.1, 0.15) is 17.2 Å². The zero-order valence-corrected chi connectivity index (χ0v) is 17.5. The Morgan fingerprint density at radius 3 is 2.43 bits per heavy atom. The van der Waals surface area contributed by atoms with E-state index in [9.17, 15) is 4.79 Å². The lowest BCUT2D eigenvalue weighted by Gasteiger charge is -2.36. The van der Waals surface area contributed by atoms with Gasteiger partial charge >= 0.3 is 0 Å². The number of aromatic nitrogens is 2. The van der Waals surface area contributed by atoms with Crippen LogP contribution in [0.25, 0.3) is 5.69 Å². The number of methoxy groups -OCH3 is 2. The molecule has 0 radical (unpaired) electrons. The van der Waals surface area contributed by atoms with E-state index in [2.05, 4.69) is 16.1 Å². The number of carbonyl (C=O) groups excluding carboxylic acids is 1. The maximum absolute atomic E-state index is 13.3. The SMILES string of the molecule is COc1cccc(-n2nc(C)cc2C(=O)N2CCN(c3ccccc3OC)CC2)c1. The van der Waals surface area contributed by atoms with E-state index >= 15 is 0 Å². The third kappa shape index (κ3) is 3.83. The van der Waals surface area contributed by atoms with Gasteiger partial charge in [-0.2, -0.15) is 5.10 Å². The Kier molecular flexibility index (Phi) is 5.61. The van der Waals surface area contributed by atoms with Crippen LogP contribution >= 0.6 is 0 Å². The number of piperazine rings is 1. The molecule has 4 rings (SSSR count). The van der Waals surface area contributed by atoms with Gasteiger partial charge in [-0.15, -0.1) is 0 Å². The summed E-state index contributed by atoms with van der Waals surface area (Å²) in [6, 6.07) is 17.4. The van der Waals surface area contributed by atoms with Crippen LogP contribution in [0.15, 0.2) is 54.6 Å². The van der Waals surface area contributed by atoms with Gasteiger partial charge in [0, 0.05) is 32.2 Å². The quantitative estimate of drug-likeness (QED) is 0.651. The average Bonchev–Trinajstić information content (AvgIpc) is 3.20. The van der Waals surface area contributed by atoms with Crippen molar-refractivity contribution in [2.24, 2.45) is 0 Å². The molecule has 156 valence electrons. The van der Waals surface area contributed by atoms with E-state index in [1.807, 2.05) is 60.4 Å². The second-order valence-corrected chi connectivity index (χ2v) is 7.24. The van der Waals surface area contributed by atoms with Crippen molar-refractivity contribution in [3.8, 4) is 17.2 Å². The summed E-state index contributed by atoms with van der Waals surface area (Å²) in [5.74, 6) is 1.56. The molecular formula is C23H26N4O3. The van der Waals surface area contributed by atoms with Gasteiger partial charge in [-0.25, -0.2) is 4.68 Å². The molecule has 0 N–H and O–H groups in total. The molecule has 0 aliphatic carbocycles. The van der Waals surface area contributed by atoms with Crippen molar-refractivity contribution in [3.05, 3.63) is 66.0 Å². The second kappa shape index (κ2) is 8.49. The van der Waals surface area contributed by atoms with E-state index < -0.39 is 0 Å². The van der Waals surface area contributed by atoms with Gasteiger partial charge in [-0.05, 0) is 37.3 Å². The number of hydrogen-bond donors (Lipinski definition) is 0.